The summed E-state index contributed by atoms with van der Waals surface area (Å²) in [7, 11) is 0. The maximum atomic E-state index is 4.24. The lowest BCUT2D eigenvalue weighted by Gasteiger charge is -1.98. The van der Waals surface area contributed by atoms with Gasteiger partial charge in [0, 0.05) is 12.7 Å². The normalized spacial score (nSPS) is 9.94. The smallest absolute Gasteiger partial charge is 0.108 e. The Hall–Kier alpha value is -0.650. The number of alkyl halides is 1. The second-order valence-corrected chi connectivity index (χ2v) is 4.54. The molecule has 0 spiro atoms. The molecule has 88 valence electrons. The molecule has 4 heteroatoms. The van der Waals surface area contributed by atoms with Crippen LogP contribution in [0.15, 0.2) is 24.5 Å². The molecule has 2 heterocycles. The average molecular weight is 331 g/mol. The van der Waals surface area contributed by atoms with E-state index in [-0.39, 0.29) is 0 Å². The lowest BCUT2D eigenvalue weighted by atomic mass is 10.4. The fourth-order valence-electron chi connectivity index (χ4n) is 1.30. The number of aryl methyl sites for hydroxylation is 1. The molecule has 0 atom stereocenters. The lowest BCUT2D eigenvalue weighted by molar-refractivity contribution is 0.622. The maximum absolute atomic E-state index is 4.24. The lowest BCUT2D eigenvalue weighted by Crippen LogP contribution is -1.97. The number of hydrogen-bond acceptors (Lipinski definition) is 2. The van der Waals surface area contributed by atoms with Crippen molar-refractivity contribution in [3.8, 4) is 0 Å². The number of aromatic nitrogens is 3. The molecule has 0 radical (unpaired) electrons. The summed E-state index contributed by atoms with van der Waals surface area (Å²) >= 11 is 2.35. The summed E-state index contributed by atoms with van der Waals surface area (Å²) in [6.45, 7) is 5.28. The number of rotatable bonds is 3. The van der Waals surface area contributed by atoms with Gasteiger partial charge in [-0.1, -0.05) is 36.4 Å². The first-order chi connectivity index (χ1) is 7.83. The highest BCUT2D eigenvalue weighted by atomic mass is 127. The minimum atomic E-state index is 0.967. The van der Waals surface area contributed by atoms with Gasteiger partial charge in [0.2, 0.25) is 0 Å². The maximum Gasteiger partial charge on any atom is 0.108 e. The fourth-order valence-corrected chi connectivity index (χ4v) is 1.30. The minimum absolute atomic E-state index is 0.967. The van der Waals surface area contributed by atoms with Crippen LogP contribution in [0.25, 0.3) is 11.0 Å². The van der Waals surface area contributed by atoms with Crippen LogP contribution in [0.1, 0.15) is 26.7 Å². The van der Waals surface area contributed by atoms with E-state index in [0.717, 1.165) is 24.0 Å². The molecule has 16 heavy (non-hydrogen) atoms. The van der Waals surface area contributed by atoms with E-state index in [9.17, 15) is 0 Å². The molecule has 0 amide bonds. The predicted molar refractivity (Wildman–Crippen MR) is 77.0 cm³/mol. The van der Waals surface area contributed by atoms with Gasteiger partial charge in [-0.25, -0.2) is 0 Å². The van der Waals surface area contributed by atoms with Crippen molar-refractivity contribution in [2.24, 2.45) is 0 Å². The SMILES string of the molecule is CCCI.CCCn1ncc2ncccc21. The standard InChI is InChI=1S/C9H11N3.C3H7I/c1-2-6-12-9-4-3-5-10-8(9)7-11-12;1-2-3-4/h3-5,7H,2,6H2,1H3;2-3H2,1H3. The van der Waals surface area contributed by atoms with Crippen LogP contribution in [0.4, 0.5) is 0 Å². The van der Waals surface area contributed by atoms with E-state index in [1.54, 1.807) is 6.20 Å². The number of nitrogens with zero attached hydrogens (tertiary/aromatic N) is 3. The van der Waals surface area contributed by atoms with Crippen molar-refractivity contribution in [1.29, 1.82) is 0 Å². The summed E-state index contributed by atoms with van der Waals surface area (Å²) in [5, 5.41) is 4.24. The van der Waals surface area contributed by atoms with Gasteiger partial charge < -0.3 is 0 Å². The molecule has 3 nitrogen and oxygen atoms in total. The van der Waals surface area contributed by atoms with E-state index < -0.39 is 0 Å². The third-order valence-electron chi connectivity index (χ3n) is 2.04. The van der Waals surface area contributed by atoms with Crippen molar-refractivity contribution in [3.63, 3.8) is 0 Å². The van der Waals surface area contributed by atoms with E-state index >= 15 is 0 Å². The average Bonchev–Trinajstić information content (AvgIpc) is 2.74. The Kier molecular flexibility index (Phi) is 6.37. The highest BCUT2D eigenvalue weighted by Crippen LogP contribution is 2.09. The Morgan fingerprint density at radius 1 is 1.31 bits per heavy atom. The summed E-state index contributed by atoms with van der Waals surface area (Å²) in [5.41, 5.74) is 2.10. The van der Waals surface area contributed by atoms with Crippen LogP contribution in [0.3, 0.4) is 0 Å². The molecular weight excluding hydrogens is 313 g/mol. The molecule has 0 N–H and O–H groups in total. The van der Waals surface area contributed by atoms with Gasteiger partial charge in [-0.05, 0) is 29.4 Å². The van der Waals surface area contributed by atoms with Gasteiger partial charge in [0.1, 0.15) is 5.52 Å². The first kappa shape index (κ1) is 13.4. The van der Waals surface area contributed by atoms with E-state index in [4.69, 9.17) is 0 Å². The zero-order chi connectivity index (χ0) is 11.8. The number of halogens is 1. The topological polar surface area (TPSA) is 30.7 Å². The number of fused-ring (bicyclic) bond motifs is 1. The third kappa shape index (κ3) is 3.73. The van der Waals surface area contributed by atoms with Crippen molar-refractivity contribution in [2.75, 3.05) is 4.43 Å². The molecule has 0 aliphatic carbocycles. The molecule has 0 aromatic carbocycles. The highest BCUT2D eigenvalue weighted by molar-refractivity contribution is 14.1. The summed E-state index contributed by atoms with van der Waals surface area (Å²) in [5.74, 6) is 0. The van der Waals surface area contributed by atoms with E-state index in [0.29, 0.717) is 0 Å². The van der Waals surface area contributed by atoms with E-state index in [1.807, 2.05) is 23.0 Å². The van der Waals surface area contributed by atoms with Gasteiger partial charge >= 0.3 is 0 Å². The van der Waals surface area contributed by atoms with E-state index in [1.165, 1.54) is 10.8 Å². The van der Waals surface area contributed by atoms with Gasteiger partial charge in [0.15, 0.2) is 0 Å². The Morgan fingerprint density at radius 2 is 2.06 bits per heavy atom. The van der Waals surface area contributed by atoms with Gasteiger partial charge in [-0.15, -0.1) is 0 Å². The molecule has 2 aromatic heterocycles. The summed E-state index contributed by atoms with van der Waals surface area (Å²) in [4.78, 5) is 4.20. The molecule has 0 unspecified atom stereocenters. The Morgan fingerprint density at radius 3 is 2.69 bits per heavy atom. The molecule has 0 aliphatic heterocycles. The van der Waals surface area contributed by atoms with Crippen LogP contribution < -0.4 is 0 Å². The zero-order valence-corrected chi connectivity index (χ0v) is 12.0. The van der Waals surface area contributed by atoms with Gasteiger partial charge in [-0.2, -0.15) is 5.10 Å². The van der Waals surface area contributed by atoms with Crippen molar-refractivity contribution < 1.29 is 0 Å². The fraction of sp³-hybridized carbons (Fsp3) is 0.500. The van der Waals surface area contributed by atoms with Crippen molar-refractivity contribution in [3.05, 3.63) is 24.5 Å². The molecular formula is C12H18IN3. The zero-order valence-electron chi connectivity index (χ0n) is 9.86. The van der Waals surface area contributed by atoms with E-state index in [2.05, 4.69) is 46.5 Å². The van der Waals surface area contributed by atoms with Crippen LogP contribution in [-0.2, 0) is 6.54 Å². The number of pyridine rings is 1. The molecule has 0 saturated carbocycles. The van der Waals surface area contributed by atoms with Crippen molar-refractivity contribution >= 4 is 33.6 Å². The largest absolute Gasteiger partial charge is 0.263 e. The van der Waals surface area contributed by atoms with Crippen LogP contribution in [0, 0.1) is 0 Å². The first-order valence-corrected chi connectivity index (χ1v) is 7.18. The van der Waals surface area contributed by atoms with Crippen molar-refractivity contribution in [1.82, 2.24) is 14.8 Å². The molecule has 0 aliphatic rings. The Balaban J connectivity index is 0.000000280. The molecule has 2 aromatic rings. The first-order valence-electron chi connectivity index (χ1n) is 5.66. The molecule has 0 saturated heterocycles. The minimum Gasteiger partial charge on any atom is -0.263 e. The van der Waals surface area contributed by atoms with Crippen LogP contribution in [0.5, 0.6) is 0 Å². The quantitative estimate of drug-likeness (QED) is 0.635. The van der Waals surface area contributed by atoms with Crippen LogP contribution in [0.2, 0.25) is 0 Å². The predicted octanol–water partition coefficient (Wildman–Crippen LogP) is 3.67. The van der Waals surface area contributed by atoms with Gasteiger partial charge in [0.05, 0.1) is 11.7 Å². The monoisotopic (exact) mass is 331 g/mol. The second-order valence-electron chi connectivity index (χ2n) is 3.46. The van der Waals surface area contributed by atoms with Crippen LogP contribution >= 0.6 is 22.6 Å². The Labute approximate surface area is 110 Å². The number of hydrogen-bond donors (Lipinski definition) is 0. The molecule has 0 bridgehead atoms. The third-order valence-corrected chi connectivity index (χ3v) is 3.12. The summed E-state index contributed by atoms with van der Waals surface area (Å²) in [6, 6.07) is 3.99. The summed E-state index contributed by atoms with van der Waals surface area (Å²) in [6.07, 6.45) is 6.01. The highest BCUT2D eigenvalue weighted by Gasteiger charge is 1.99. The second kappa shape index (κ2) is 7.60. The van der Waals surface area contributed by atoms with Gasteiger partial charge in [0.25, 0.3) is 0 Å². The summed E-state index contributed by atoms with van der Waals surface area (Å²) < 4.78 is 3.28. The van der Waals surface area contributed by atoms with Gasteiger partial charge in [-0.3, -0.25) is 9.67 Å². The van der Waals surface area contributed by atoms with Crippen LogP contribution in [-0.4, -0.2) is 19.2 Å². The molecule has 0 fully saturated rings. The Bertz CT molecular complexity index is 409. The molecule has 2 rings (SSSR count). The van der Waals surface area contributed by atoms with Crippen molar-refractivity contribution in [2.45, 2.75) is 33.2 Å².